The van der Waals surface area contributed by atoms with Gasteiger partial charge in [-0.15, -0.1) is 6.58 Å². The molecule has 0 unspecified atom stereocenters. The van der Waals surface area contributed by atoms with Gasteiger partial charge in [-0.25, -0.2) is 0 Å². The molecule has 1 aromatic heterocycles. The van der Waals surface area contributed by atoms with Gasteiger partial charge in [-0.1, -0.05) is 24.3 Å². The lowest BCUT2D eigenvalue weighted by atomic mass is 10.0. The molecule has 3 atom stereocenters. The van der Waals surface area contributed by atoms with E-state index in [0.717, 1.165) is 36.0 Å². The van der Waals surface area contributed by atoms with Gasteiger partial charge in [0.15, 0.2) is 0 Å². The van der Waals surface area contributed by atoms with Gasteiger partial charge in [0.05, 0.1) is 19.2 Å². The molecule has 2 fully saturated rings. The van der Waals surface area contributed by atoms with Crippen molar-refractivity contribution in [3.63, 3.8) is 0 Å². The minimum Gasteiger partial charge on any atom is -0.373 e. The number of amides is 1. The molecule has 2 saturated heterocycles. The van der Waals surface area contributed by atoms with Gasteiger partial charge in [0.2, 0.25) is 0 Å². The number of carbonyl (C=O) groups is 1. The molecule has 0 radical (unpaired) electrons. The molecule has 5 heteroatoms. The van der Waals surface area contributed by atoms with Crippen LogP contribution >= 0.6 is 0 Å². The number of fused-ring (bicyclic) bond motifs is 2. The average Bonchev–Trinajstić information content (AvgIpc) is 3.18. The van der Waals surface area contributed by atoms with Crippen LogP contribution in [0.5, 0.6) is 0 Å². The molecule has 3 heterocycles. The minimum atomic E-state index is -0.0815. The first-order chi connectivity index (χ1) is 12.2. The molecule has 132 valence electrons. The van der Waals surface area contributed by atoms with Gasteiger partial charge >= 0.3 is 0 Å². The molecule has 0 N–H and O–H groups in total. The maximum absolute atomic E-state index is 13.3. The van der Waals surface area contributed by atoms with E-state index in [1.54, 1.807) is 6.08 Å². The number of rotatable bonds is 4. The molecule has 0 bridgehead atoms. The number of carbonyl (C=O) groups excluding carboxylic acids is 1. The van der Waals surface area contributed by atoms with Crippen molar-refractivity contribution in [3.05, 3.63) is 48.7 Å². The predicted molar refractivity (Wildman–Crippen MR) is 96.7 cm³/mol. The van der Waals surface area contributed by atoms with Crippen molar-refractivity contribution in [3.8, 4) is 0 Å². The maximum atomic E-state index is 13.3. The van der Waals surface area contributed by atoms with E-state index < -0.39 is 0 Å². The Kier molecular flexibility index (Phi) is 4.36. The van der Waals surface area contributed by atoms with E-state index in [-0.39, 0.29) is 24.2 Å². The first-order valence-corrected chi connectivity index (χ1v) is 8.90. The fourth-order valence-electron chi connectivity index (χ4n) is 4.12. The molecular weight excluding hydrogens is 316 g/mol. The Hall–Kier alpha value is -2.11. The van der Waals surface area contributed by atoms with E-state index in [1.165, 1.54) is 0 Å². The molecule has 2 aliphatic heterocycles. The van der Waals surface area contributed by atoms with Crippen molar-refractivity contribution in [1.29, 1.82) is 0 Å². The second kappa shape index (κ2) is 6.65. The SMILES string of the molecule is C=CCO[C@H]1CN(C(=O)c2cc3ccccc3n2C)[C@@H]2CCCO[C@H]12. The van der Waals surface area contributed by atoms with E-state index in [0.29, 0.717) is 13.2 Å². The molecule has 2 aliphatic rings. The number of para-hydroxylation sites is 1. The summed E-state index contributed by atoms with van der Waals surface area (Å²) in [4.78, 5) is 15.2. The number of ether oxygens (including phenoxy) is 2. The quantitative estimate of drug-likeness (QED) is 0.804. The van der Waals surface area contributed by atoms with Crippen LogP contribution in [-0.2, 0) is 16.5 Å². The zero-order valence-corrected chi connectivity index (χ0v) is 14.6. The first kappa shape index (κ1) is 16.4. The number of hydrogen-bond donors (Lipinski definition) is 0. The number of benzene rings is 1. The van der Waals surface area contributed by atoms with E-state index in [2.05, 4.69) is 6.58 Å². The van der Waals surface area contributed by atoms with Crippen molar-refractivity contribution in [2.24, 2.45) is 7.05 Å². The molecule has 4 rings (SSSR count). The van der Waals surface area contributed by atoms with Crippen LogP contribution in [0.4, 0.5) is 0 Å². The molecule has 25 heavy (non-hydrogen) atoms. The van der Waals surface area contributed by atoms with Gasteiger partial charge in [-0.2, -0.15) is 0 Å². The monoisotopic (exact) mass is 340 g/mol. The summed E-state index contributed by atoms with van der Waals surface area (Å²) in [5.41, 5.74) is 1.79. The maximum Gasteiger partial charge on any atom is 0.270 e. The van der Waals surface area contributed by atoms with Crippen molar-refractivity contribution in [1.82, 2.24) is 9.47 Å². The smallest absolute Gasteiger partial charge is 0.270 e. The number of hydrogen-bond acceptors (Lipinski definition) is 3. The Morgan fingerprint density at radius 2 is 2.28 bits per heavy atom. The second-order valence-electron chi connectivity index (χ2n) is 6.81. The highest BCUT2D eigenvalue weighted by molar-refractivity contribution is 5.99. The lowest BCUT2D eigenvalue weighted by Crippen LogP contribution is -2.44. The van der Waals surface area contributed by atoms with Crippen LogP contribution in [0.25, 0.3) is 10.9 Å². The largest absolute Gasteiger partial charge is 0.373 e. The third kappa shape index (κ3) is 2.77. The lowest BCUT2D eigenvalue weighted by molar-refractivity contribution is -0.0708. The lowest BCUT2D eigenvalue weighted by Gasteiger charge is -2.32. The Balaban J connectivity index is 1.64. The fraction of sp³-hybridized carbons (Fsp3) is 0.450. The fourth-order valence-corrected chi connectivity index (χ4v) is 4.12. The number of nitrogens with zero attached hydrogens (tertiary/aromatic N) is 2. The summed E-state index contributed by atoms with van der Waals surface area (Å²) in [7, 11) is 1.95. The summed E-state index contributed by atoms with van der Waals surface area (Å²) >= 11 is 0. The summed E-state index contributed by atoms with van der Waals surface area (Å²) in [6, 6.07) is 10.1. The third-order valence-corrected chi connectivity index (χ3v) is 5.34. The van der Waals surface area contributed by atoms with Crippen molar-refractivity contribution < 1.29 is 14.3 Å². The van der Waals surface area contributed by atoms with E-state index in [4.69, 9.17) is 9.47 Å². The van der Waals surface area contributed by atoms with Gasteiger partial charge in [-0.3, -0.25) is 4.79 Å². The van der Waals surface area contributed by atoms with Gasteiger partial charge in [0, 0.05) is 24.6 Å². The van der Waals surface area contributed by atoms with Gasteiger partial charge in [-0.05, 0) is 25.0 Å². The summed E-state index contributed by atoms with van der Waals surface area (Å²) in [5.74, 6) is 0.0592. The average molecular weight is 340 g/mol. The Morgan fingerprint density at radius 3 is 3.08 bits per heavy atom. The van der Waals surface area contributed by atoms with Crippen molar-refractivity contribution in [2.45, 2.75) is 31.1 Å². The van der Waals surface area contributed by atoms with Crippen LogP contribution < -0.4 is 0 Å². The van der Waals surface area contributed by atoms with Crippen LogP contribution in [0.3, 0.4) is 0 Å². The Labute approximate surface area is 147 Å². The molecule has 5 nitrogen and oxygen atoms in total. The third-order valence-electron chi connectivity index (χ3n) is 5.34. The molecule has 2 aromatic rings. The van der Waals surface area contributed by atoms with Crippen molar-refractivity contribution in [2.75, 3.05) is 19.8 Å². The number of aromatic nitrogens is 1. The molecule has 0 spiro atoms. The van der Waals surface area contributed by atoms with Crippen LogP contribution in [0, 0.1) is 0 Å². The van der Waals surface area contributed by atoms with E-state index in [1.807, 2.05) is 46.8 Å². The van der Waals surface area contributed by atoms with Crippen LogP contribution in [0.15, 0.2) is 43.0 Å². The van der Waals surface area contributed by atoms with Crippen molar-refractivity contribution >= 4 is 16.8 Å². The highest BCUT2D eigenvalue weighted by atomic mass is 16.5. The highest BCUT2D eigenvalue weighted by Crippen LogP contribution is 2.32. The second-order valence-corrected chi connectivity index (χ2v) is 6.81. The first-order valence-electron chi connectivity index (χ1n) is 8.90. The molecule has 0 aliphatic carbocycles. The zero-order chi connectivity index (χ0) is 17.4. The Morgan fingerprint density at radius 1 is 1.44 bits per heavy atom. The minimum absolute atomic E-state index is 0.0349. The highest BCUT2D eigenvalue weighted by Gasteiger charge is 2.47. The van der Waals surface area contributed by atoms with Crippen LogP contribution in [-0.4, -0.2) is 53.4 Å². The molecule has 0 saturated carbocycles. The molecule has 1 aromatic carbocycles. The predicted octanol–water partition coefficient (Wildman–Crippen LogP) is 2.75. The summed E-state index contributed by atoms with van der Waals surface area (Å²) in [6.07, 6.45) is 3.57. The van der Waals surface area contributed by atoms with Gasteiger partial charge in [0.1, 0.15) is 17.9 Å². The zero-order valence-electron chi connectivity index (χ0n) is 14.6. The summed E-state index contributed by atoms with van der Waals surface area (Å²) < 4.78 is 13.8. The summed E-state index contributed by atoms with van der Waals surface area (Å²) in [6.45, 7) is 5.51. The van der Waals surface area contributed by atoms with E-state index in [9.17, 15) is 4.79 Å². The van der Waals surface area contributed by atoms with Gasteiger partial charge in [0.25, 0.3) is 5.91 Å². The number of aryl methyl sites for hydroxylation is 1. The molecular formula is C20H24N2O3. The molecule has 1 amide bonds. The standard InChI is InChI=1S/C20H24N2O3/c1-3-10-24-18-13-22(16-9-6-11-25-19(16)18)20(23)17-12-14-7-4-5-8-15(14)21(17)2/h3-5,7-8,12,16,18-19H,1,6,9-11,13H2,2H3/t16-,18+,19+/m1/s1. The topological polar surface area (TPSA) is 43.7 Å². The van der Waals surface area contributed by atoms with Gasteiger partial charge < -0.3 is 18.9 Å². The van der Waals surface area contributed by atoms with E-state index >= 15 is 0 Å². The van der Waals surface area contributed by atoms with Crippen LogP contribution in [0.1, 0.15) is 23.3 Å². The normalized spacial score (nSPS) is 26.0. The number of likely N-dealkylation sites (tertiary alicyclic amines) is 1. The summed E-state index contributed by atoms with van der Waals surface area (Å²) in [5, 5.41) is 1.09. The Bertz CT molecular complexity index is 797. The van der Waals surface area contributed by atoms with Crippen LogP contribution in [0.2, 0.25) is 0 Å².